The number of carbonyl (C=O) groups excluding carboxylic acids is 4. The highest BCUT2D eigenvalue weighted by molar-refractivity contribution is 5.98. The summed E-state index contributed by atoms with van der Waals surface area (Å²) < 4.78 is 13.4. The number of benzene rings is 2. The number of aromatic nitrogens is 2. The number of methoxy groups -OCH3 is 2. The molecule has 3 aromatic rings. The smallest absolute Gasteiger partial charge is 0.330 e. The van der Waals surface area contributed by atoms with Gasteiger partial charge in [0.15, 0.2) is 5.69 Å². The zero-order valence-corrected chi connectivity index (χ0v) is 53.4. The second-order valence-electron chi connectivity index (χ2n) is 25.4. The number of carboxylic acid groups (broad SMARTS) is 3. The molecule has 1 saturated heterocycles. The summed E-state index contributed by atoms with van der Waals surface area (Å²) in [4.78, 5) is 104. The number of nitrogens with one attached hydrogen (secondary N) is 2. The minimum Gasteiger partial charge on any atom is -0.512 e. The number of carboxylic acids is 3. The number of hydrogen-bond acceptors (Lipinski definition) is 16. The average molecular weight is 1240 g/mol. The van der Waals surface area contributed by atoms with Crippen molar-refractivity contribution in [2.24, 2.45) is 23.7 Å². The van der Waals surface area contributed by atoms with Gasteiger partial charge in [-0.1, -0.05) is 32.9 Å². The van der Waals surface area contributed by atoms with Crippen LogP contribution in [0.25, 0.3) is 16.9 Å². The van der Waals surface area contributed by atoms with Crippen LogP contribution in [0.2, 0.25) is 0 Å². The van der Waals surface area contributed by atoms with Crippen LogP contribution in [0, 0.1) is 23.7 Å². The minimum atomic E-state index is -1.37. The first kappa shape index (κ1) is 69.4. The normalized spacial score (nSPS) is 21.0. The van der Waals surface area contributed by atoms with Gasteiger partial charge in [0.1, 0.15) is 17.0 Å². The molecular weight excluding hydrogens is 1140 g/mol. The summed E-state index contributed by atoms with van der Waals surface area (Å²) in [5.41, 5.74) is 1.68. The number of unbranched alkanes of at least 4 members (excludes halogenated alkanes) is 2. The maximum absolute atomic E-state index is 14.5. The van der Waals surface area contributed by atoms with E-state index in [4.69, 9.17) is 14.6 Å². The van der Waals surface area contributed by atoms with Crippen LogP contribution in [0.15, 0.2) is 54.8 Å². The molecular formula is C65H97N11O13. The maximum Gasteiger partial charge on any atom is 0.330 e. The van der Waals surface area contributed by atoms with Gasteiger partial charge in [0.2, 0.25) is 11.8 Å². The molecule has 5 fully saturated rings. The summed E-state index contributed by atoms with van der Waals surface area (Å²) in [6.07, 6.45) is 8.32. The van der Waals surface area contributed by atoms with Gasteiger partial charge in [-0.15, -0.1) is 0 Å². The van der Waals surface area contributed by atoms with Gasteiger partial charge in [-0.05, 0) is 149 Å². The number of amides is 4. The fraction of sp³-hybridized carbons (Fsp3) is 0.631. The van der Waals surface area contributed by atoms with Gasteiger partial charge < -0.3 is 55.2 Å². The lowest BCUT2D eigenvalue weighted by atomic mass is 9.48. The maximum atomic E-state index is 14.5. The Hall–Kier alpha value is -7.12. The molecule has 0 spiro atoms. The minimum absolute atomic E-state index is 0.0200. The summed E-state index contributed by atoms with van der Waals surface area (Å²) in [5, 5.41) is 50.8. The van der Waals surface area contributed by atoms with E-state index in [0.29, 0.717) is 137 Å². The van der Waals surface area contributed by atoms with Gasteiger partial charge in [0.05, 0.1) is 63.1 Å². The molecule has 8 rings (SSSR count). The van der Waals surface area contributed by atoms with E-state index in [2.05, 4.69) is 22.1 Å². The lowest BCUT2D eigenvalue weighted by molar-refractivity contribution is -0.163. The molecule has 4 amide bonds. The largest absolute Gasteiger partial charge is 0.512 e. The van der Waals surface area contributed by atoms with Crippen molar-refractivity contribution in [2.75, 3.05) is 147 Å². The van der Waals surface area contributed by atoms with Crippen LogP contribution >= 0.6 is 0 Å². The van der Waals surface area contributed by atoms with Crippen LogP contribution in [-0.2, 0) is 24.0 Å². The van der Waals surface area contributed by atoms with E-state index < -0.39 is 29.4 Å². The number of aliphatic hydroxyl groups is 1. The number of aliphatic hydroxyl groups excluding tert-OH is 1. The Bertz CT molecular complexity index is 2870. The molecule has 1 aliphatic heterocycles. The number of hydrogen-bond donors (Lipinski definition) is 6. The topological polar surface area (TPSA) is 283 Å². The van der Waals surface area contributed by atoms with E-state index in [1.807, 2.05) is 55.9 Å². The van der Waals surface area contributed by atoms with Crippen LogP contribution < -0.4 is 20.1 Å². The standard InChI is InChI=1S/C65H97N11O13/c1-44(2)51-38-48(18-19-53(51)76-54(61-55(88-7)15-12-16-56(61)89-8)39-52(68-76)62(84)67-65(64(86)87)49-34-46-33-47(36-49)37-50(65)35-46)63(85)71(6)24-14-22-69(4)21-13-23-70(5)58(79)17-10-9-11-20-66-57(78)41-73-27-25-72(40-45(3)77)26-29-74(42-59(80)81)31-32-75(30-28-73)43-60(82)83/h12,15-16,18-19,38-39,44,46-47,49-50,77H,3,9-11,13-14,17,20-37,40-43H2,1-2,4-8H3,(H,66,78)(H,67,84)(H,80,81)(H,82,83)(H,86,87). The Morgan fingerprint density at radius 1 is 0.663 bits per heavy atom. The second-order valence-corrected chi connectivity index (χ2v) is 25.4. The van der Waals surface area contributed by atoms with Crippen molar-refractivity contribution in [1.29, 1.82) is 0 Å². The van der Waals surface area contributed by atoms with Crippen molar-refractivity contribution in [2.45, 2.75) is 95.9 Å². The van der Waals surface area contributed by atoms with Gasteiger partial charge >= 0.3 is 17.9 Å². The first-order valence-corrected chi connectivity index (χ1v) is 31.7. The van der Waals surface area contributed by atoms with Crippen molar-refractivity contribution < 1.29 is 63.5 Å². The number of ether oxygens (including phenoxy) is 2. The van der Waals surface area contributed by atoms with Crippen molar-refractivity contribution in [3.63, 3.8) is 0 Å². The van der Waals surface area contributed by atoms with Crippen LogP contribution in [0.3, 0.4) is 0 Å². The lowest BCUT2D eigenvalue weighted by Gasteiger charge is -2.59. The van der Waals surface area contributed by atoms with E-state index in [0.717, 1.165) is 70.0 Å². The molecule has 0 unspecified atom stereocenters. The summed E-state index contributed by atoms with van der Waals surface area (Å²) in [5.74, 6) is -2.22. The molecule has 1 aromatic heterocycles. The van der Waals surface area contributed by atoms with E-state index >= 15 is 0 Å². The second kappa shape index (κ2) is 32.6. The molecule has 490 valence electrons. The van der Waals surface area contributed by atoms with Gasteiger partial charge in [-0.25, -0.2) is 9.48 Å². The van der Waals surface area contributed by atoms with Crippen molar-refractivity contribution in [1.82, 2.24) is 54.7 Å². The zero-order chi connectivity index (χ0) is 64.5. The third-order valence-electron chi connectivity index (χ3n) is 18.5. The number of carbonyl (C=O) groups is 7. The molecule has 4 bridgehead atoms. The highest BCUT2D eigenvalue weighted by Gasteiger charge is 2.62. The van der Waals surface area contributed by atoms with E-state index in [-0.39, 0.29) is 73.1 Å². The molecule has 4 aliphatic carbocycles. The first-order chi connectivity index (χ1) is 42.5. The summed E-state index contributed by atoms with van der Waals surface area (Å²) >= 11 is 0. The van der Waals surface area contributed by atoms with Crippen LogP contribution in [-0.4, -0.2) is 258 Å². The first-order valence-electron chi connectivity index (χ1n) is 31.7. The molecule has 2 aromatic carbocycles. The Morgan fingerprint density at radius 3 is 1.70 bits per heavy atom. The monoisotopic (exact) mass is 1240 g/mol. The molecule has 0 radical (unpaired) electrons. The van der Waals surface area contributed by atoms with Crippen molar-refractivity contribution in [3.05, 3.63) is 71.6 Å². The quantitative estimate of drug-likeness (QED) is 0.0362. The SMILES string of the molecule is C=C(O)CN1CCN(CC(=O)O)CCN(CC(=O)O)CCN(CC(=O)NCCCCCC(=O)N(C)CCCN(C)CCCN(C)C(=O)c2ccc(-n3nc(C(=O)NC4(C(=O)O)C5CC6CC(C5)CC4C6)cc3-c3c(OC)cccc3OC)c(C(C)C)c2)CC1. The average Bonchev–Trinajstić information content (AvgIpc) is 1.14. The molecule has 2 heterocycles. The predicted octanol–water partition coefficient (Wildman–Crippen LogP) is 5.07. The molecule has 5 aliphatic rings. The van der Waals surface area contributed by atoms with E-state index in [1.54, 1.807) is 69.8 Å². The van der Waals surface area contributed by atoms with Crippen molar-refractivity contribution >= 4 is 41.5 Å². The van der Waals surface area contributed by atoms with Crippen LogP contribution in [0.5, 0.6) is 11.5 Å². The molecule has 6 N–H and O–H groups in total. The van der Waals surface area contributed by atoms with Gasteiger partial charge in [0, 0.05) is 98.1 Å². The molecule has 0 atom stereocenters. The molecule has 4 saturated carbocycles. The number of nitrogens with zero attached hydrogens (tertiary/aromatic N) is 9. The third-order valence-corrected chi connectivity index (χ3v) is 18.5. The van der Waals surface area contributed by atoms with E-state index in [1.165, 1.54) is 0 Å². The van der Waals surface area contributed by atoms with E-state index in [9.17, 15) is 54.0 Å². The Labute approximate surface area is 524 Å². The van der Waals surface area contributed by atoms with Gasteiger partial charge in [0.25, 0.3) is 11.8 Å². The Morgan fingerprint density at radius 2 is 1.19 bits per heavy atom. The predicted molar refractivity (Wildman–Crippen MR) is 337 cm³/mol. The van der Waals surface area contributed by atoms with Gasteiger partial charge in [-0.3, -0.25) is 48.4 Å². The lowest BCUT2D eigenvalue weighted by Crippen LogP contribution is -2.70. The Balaban J connectivity index is 0.852. The molecule has 24 nitrogen and oxygen atoms in total. The van der Waals surface area contributed by atoms with Crippen LogP contribution in [0.4, 0.5) is 0 Å². The van der Waals surface area contributed by atoms with Crippen LogP contribution in [0.1, 0.15) is 117 Å². The fourth-order valence-corrected chi connectivity index (χ4v) is 13.9. The Kier molecular flexibility index (Phi) is 25.4. The summed E-state index contributed by atoms with van der Waals surface area (Å²) in [6.45, 7) is 13.9. The highest BCUT2D eigenvalue weighted by atomic mass is 16.5. The third kappa shape index (κ3) is 18.7. The number of aliphatic carboxylic acids is 3. The van der Waals surface area contributed by atoms with Crippen molar-refractivity contribution in [3.8, 4) is 28.4 Å². The summed E-state index contributed by atoms with van der Waals surface area (Å²) in [6, 6.07) is 12.6. The zero-order valence-electron chi connectivity index (χ0n) is 53.4. The molecule has 24 heteroatoms. The fourth-order valence-electron chi connectivity index (χ4n) is 13.9. The number of rotatable bonds is 31. The summed E-state index contributed by atoms with van der Waals surface area (Å²) in [7, 11) is 8.75. The highest BCUT2D eigenvalue weighted by Crippen LogP contribution is 2.58. The molecule has 89 heavy (non-hydrogen) atoms. The van der Waals surface area contributed by atoms with Gasteiger partial charge in [-0.2, -0.15) is 5.10 Å².